The molecule has 0 saturated heterocycles. The molecule has 4 aromatic carbocycles. The van der Waals surface area contributed by atoms with Crippen molar-refractivity contribution in [2.24, 2.45) is 0 Å². The summed E-state index contributed by atoms with van der Waals surface area (Å²) in [6.45, 7) is 0. The van der Waals surface area contributed by atoms with E-state index in [1.54, 1.807) is 0 Å². The van der Waals surface area contributed by atoms with E-state index in [-0.39, 0.29) is 219 Å². The van der Waals surface area contributed by atoms with Crippen molar-refractivity contribution in [3.05, 3.63) is 72.8 Å². The SMILES string of the molecule is O=S(=O)([O-])c1ccc2c(c1)-c1nc-2nc2[n-]c(nc3nc(nc4[n-]c(n1)c1ccc(S(=O)(=O)[O-])cc41)-c1cc(S(=O)(=O)[O-])ccc1-3)c1c(S(=O)(=O)[O-])cccc21.[Cu+2].[Na+].[Na+].[Na+].[Na+]. The quantitative estimate of drug-likeness (QED) is 0.117. The van der Waals surface area contributed by atoms with Gasteiger partial charge < -0.3 is 48.1 Å². The van der Waals surface area contributed by atoms with Gasteiger partial charge in [0.15, 0.2) is 0 Å². The molecule has 0 amide bonds. The predicted molar refractivity (Wildman–Crippen MR) is 186 cm³/mol. The van der Waals surface area contributed by atoms with Crippen LogP contribution in [0.3, 0.4) is 0 Å². The first kappa shape index (κ1) is 52.0. The van der Waals surface area contributed by atoms with Gasteiger partial charge in [-0.05, 0) is 58.6 Å². The Kier molecular flexibility index (Phi) is 15.7. The van der Waals surface area contributed by atoms with Gasteiger partial charge in [0.2, 0.25) is 0 Å². The van der Waals surface area contributed by atoms with Crippen molar-refractivity contribution in [3.8, 4) is 45.6 Å². The molecule has 61 heavy (non-hydrogen) atoms. The molecule has 5 heterocycles. The summed E-state index contributed by atoms with van der Waals surface area (Å²) in [7, 11) is -20.3. The number of benzene rings is 4. The van der Waals surface area contributed by atoms with Crippen molar-refractivity contribution < 1.29 is 187 Å². The number of nitrogens with zero attached hydrogens (tertiary/aromatic N) is 8. The average molecular weight is 984 g/mol. The first-order valence-electron chi connectivity index (χ1n) is 15.4. The van der Waals surface area contributed by atoms with E-state index in [0.29, 0.717) is 0 Å². The Morgan fingerprint density at radius 2 is 0.787 bits per heavy atom. The van der Waals surface area contributed by atoms with E-state index in [1.165, 1.54) is 30.3 Å². The van der Waals surface area contributed by atoms with Gasteiger partial charge >= 0.3 is 135 Å². The van der Waals surface area contributed by atoms with E-state index in [4.69, 9.17) is 0 Å². The van der Waals surface area contributed by atoms with Gasteiger partial charge in [-0.15, -0.1) is 0 Å². The van der Waals surface area contributed by atoms with Crippen LogP contribution in [0.2, 0.25) is 0 Å². The Morgan fingerprint density at radius 3 is 1.26 bits per heavy atom. The second-order valence-electron chi connectivity index (χ2n) is 12.1. The molecule has 9 rings (SSSR count). The monoisotopic (exact) mass is 983 g/mol. The van der Waals surface area contributed by atoms with Crippen LogP contribution in [0, 0.1) is 0 Å². The number of hydrogen-bond donors (Lipinski definition) is 0. The minimum absolute atomic E-state index is 0. The van der Waals surface area contributed by atoms with Crippen LogP contribution in [-0.4, -0.2) is 81.8 Å². The molecule has 8 bridgehead atoms. The normalized spacial score (nSPS) is 12.1. The molecular formula is C32H12CuN8Na4O12S4. The van der Waals surface area contributed by atoms with Crippen LogP contribution in [0.15, 0.2) is 92.4 Å². The van der Waals surface area contributed by atoms with Gasteiger partial charge in [-0.1, -0.05) is 30.3 Å². The summed E-state index contributed by atoms with van der Waals surface area (Å²) in [6, 6.07) is 13.1. The molecular weight excluding hydrogens is 972 g/mol. The molecule has 1 radical (unpaired) electrons. The molecule has 2 aliphatic rings. The Morgan fingerprint density at radius 1 is 0.393 bits per heavy atom. The van der Waals surface area contributed by atoms with Crippen LogP contribution in [0.1, 0.15) is 0 Å². The summed E-state index contributed by atoms with van der Waals surface area (Å²) >= 11 is 0. The number of aromatic nitrogens is 8. The van der Waals surface area contributed by atoms with Crippen molar-refractivity contribution in [3.63, 3.8) is 0 Å². The second kappa shape index (κ2) is 18.3. The summed E-state index contributed by atoms with van der Waals surface area (Å²) in [5, 5.41) is -0.297. The van der Waals surface area contributed by atoms with Crippen LogP contribution in [0.4, 0.5) is 0 Å². The van der Waals surface area contributed by atoms with Gasteiger partial charge in [0, 0.05) is 50.2 Å². The molecule has 0 N–H and O–H groups in total. The predicted octanol–water partition coefficient (Wildman–Crippen LogP) is -10.2. The van der Waals surface area contributed by atoms with E-state index >= 15 is 0 Å². The Bertz CT molecular complexity index is 3640. The van der Waals surface area contributed by atoms with Crippen LogP contribution < -0.4 is 128 Å². The van der Waals surface area contributed by atoms with E-state index < -0.39 is 65.7 Å². The average Bonchev–Trinajstić information content (AvgIpc) is 3.84. The second-order valence-corrected chi connectivity index (χ2v) is 17.6. The first-order chi connectivity index (χ1) is 26.2. The first-order valence-corrected chi connectivity index (χ1v) is 21.0. The zero-order valence-electron chi connectivity index (χ0n) is 31.3. The maximum Gasteiger partial charge on any atom is 2.00 e. The van der Waals surface area contributed by atoms with E-state index in [1.807, 2.05) is 0 Å². The fourth-order valence-corrected chi connectivity index (χ4v) is 8.48. The van der Waals surface area contributed by atoms with Crippen LogP contribution >= 0.6 is 0 Å². The Balaban J connectivity index is 0.00000164. The van der Waals surface area contributed by atoms with Crippen LogP contribution in [0.5, 0.6) is 0 Å². The Hall–Kier alpha value is -1.60. The topological polar surface area (TPSA) is 334 Å². The zero-order chi connectivity index (χ0) is 39.7. The van der Waals surface area contributed by atoms with Crippen molar-refractivity contribution in [2.75, 3.05) is 0 Å². The molecule has 3 aromatic heterocycles. The van der Waals surface area contributed by atoms with Crippen LogP contribution in [0.25, 0.3) is 89.7 Å². The van der Waals surface area contributed by atoms with E-state index in [0.717, 1.165) is 42.5 Å². The molecule has 0 fully saturated rings. The molecule has 20 nitrogen and oxygen atoms in total. The van der Waals surface area contributed by atoms with Crippen molar-refractivity contribution >= 4 is 84.6 Å². The summed E-state index contributed by atoms with van der Waals surface area (Å²) in [5.74, 6) is -1.05. The summed E-state index contributed by atoms with van der Waals surface area (Å²) in [5.41, 5.74) is -1.15. The third-order valence-corrected chi connectivity index (χ3v) is 12.1. The van der Waals surface area contributed by atoms with Crippen molar-refractivity contribution in [1.29, 1.82) is 0 Å². The maximum absolute atomic E-state index is 12.5. The van der Waals surface area contributed by atoms with Gasteiger partial charge in [0.25, 0.3) is 0 Å². The molecule has 2 aliphatic heterocycles. The minimum atomic E-state index is -5.20. The van der Waals surface area contributed by atoms with Gasteiger partial charge in [0.1, 0.15) is 40.5 Å². The summed E-state index contributed by atoms with van der Waals surface area (Å²) < 4.78 is 146. The smallest absolute Gasteiger partial charge is 0.744 e. The summed E-state index contributed by atoms with van der Waals surface area (Å²) in [4.78, 5) is 32.7. The van der Waals surface area contributed by atoms with Gasteiger partial charge in [-0.25, -0.2) is 43.6 Å². The van der Waals surface area contributed by atoms with E-state index in [2.05, 4.69) is 39.9 Å². The molecule has 0 atom stereocenters. The molecule has 0 aliphatic carbocycles. The molecule has 0 unspecified atom stereocenters. The number of hydrogen-bond acceptors (Lipinski definition) is 18. The third kappa shape index (κ3) is 9.56. The van der Waals surface area contributed by atoms with Crippen LogP contribution in [-0.2, 0) is 57.5 Å². The molecule has 7 aromatic rings. The molecule has 29 heteroatoms. The van der Waals surface area contributed by atoms with Gasteiger partial charge in [0.05, 0.1) is 42.9 Å². The minimum Gasteiger partial charge on any atom is -0.744 e. The van der Waals surface area contributed by atoms with E-state index in [9.17, 15) is 51.9 Å². The standard InChI is InChI=1S/C32H16N8O12S4.Cu.4Na/c41-53(42,43)13-4-7-16-20(10-13)29-34-25(16)33-28-19-2-1-3-23(56(50,51)52)24(19)32(40-28)39-27-18-9-6-15(55(47,48)49)12-22(18)31(37-27)38-30-21-11-14(54(44,45)46)5-8-17(21)26(35-29)36-30;;;;;/h1-12H,(H4-2,33,34,35,36,37,38,39,40,41,42,43,44,45,46,47,48,49,50,51,52);;;;;/q-2;+2;4*+1/p-4. The molecule has 291 valence electrons. The van der Waals surface area contributed by atoms with Gasteiger partial charge in [-0.3, -0.25) is 0 Å². The number of rotatable bonds is 4. The largest absolute Gasteiger partial charge is 2.00 e. The fraction of sp³-hybridized carbons (Fsp3) is 0. The van der Waals surface area contributed by atoms with Crippen molar-refractivity contribution in [2.45, 2.75) is 19.6 Å². The third-order valence-electron chi connectivity index (χ3n) is 8.74. The van der Waals surface area contributed by atoms with Crippen molar-refractivity contribution in [1.82, 2.24) is 39.9 Å². The Labute approximate surface area is 443 Å². The van der Waals surface area contributed by atoms with Gasteiger partial charge in [-0.2, -0.15) is 0 Å². The fourth-order valence-electron chi connectivity index (χ4n) is 6.29. The zero-order valence-corrected chi connectivity index (χ0v) is 43.5. The molecule has 0 spiro atoms. The number of fused-ring (bicyclic) bond motifs is 20. The maximum atomic E-state index is 12.5. The summed E-state index contributed by atoms with van der Waals surface area (Å²) in [6.07, 6.45) is 0. The molecule has 0 saturated carbocycles.